The van der Waals surface area contributed by atoms with E-state index in [1.54, 1.807) is 13.6 Å². The fourth-order valence-corrected chi connectivity index (χ4v) is 1.42. The Bertz CT molecular complexity index is 267. The third-order valence-electron chi connectivity index (χ3n) is 2.38. The lowest BCUT2D eigenvalue weighted by molar-refractivity contribution is -0.113. The smallest absolute Gasteiger partial charge is 0.376 e. The van der Waals surface area contributed by atoms with Crippen LogP contribution in [0.5, 0.6) is 0 Å². The molecule has 0 unspecified atom stereocenters. The molecule has 0 fully saturated rings. The molecule has 0 aliphatic carbocycles. The molecule has 0 aliphatic rings. The summed E-state index contributed by atoms with van der Waals surface area (Å²) >= 11 is 0. The van der Waals surface area contributed by atoms with Gasteiger partial charge in [-0.25, -0.2) is 0 Å². The average Bonchev–Trinajstić information content (AvgIpc) is 2.25. The summed E-state index contributed by atoms with van der Waals surface area (Å²) in [6, 6.07) is 0. The Labute approximate surface area is 104 Å². The van der Waals surface area contributed by atoms with Gasteiger partial charge in [0.25, 0.3) is 0 Å². The van der Waals surface area contributed by atoms with Crippen molar-refractivity contribution in [3.63, 3.8) is 0 Å². The molecule has 0 heterocycles. The zero-order valence-electron chi connectivity index (χ0n) is 10.5. The summed E-state index contributed by atoms with van der Waals surface area (Å²) < 4.78 is 0. The maximum atomic E-state index is 10.9. The van der Waals surface area contributed by atoms with Gasteiger partial charge in [-0.3, -0.25) is 4.79 Å². The summed E-state index contributed by atoms with van der Waals surface area (Å²) in [4.78, 5) is 12.7. The normalized spacial score (nSPS) is 10.1. The highest BCUT2D eigenvalue weighted by atomic mass is 16.2. The van der Waals surface area contributed by atoms with Crippen LogP contribution < -0.4 is 5.23 Å². The number of carbonyl (C=O) groups excluding carboxylic acids is 1. The van der Waals surface area contributed by atoms with Crippen LogP contribution >= 0.6 is 0 Å². The van der Waals surface area contributed by atoms with Crippen molar-refractivity contribution >= 4 is 19.9 Å². The topological polar surface area (TPSA) is 72.8 Å². The lowest BCUT2D eigenvalue weighted by Gasteiger charge is -2.23. The van der Waals surface area contributed by atoms with Crippen LogP contribution in [-0.2, 0) is 4.79 Å². The minimum absolute atomic E-state index is 0.211. The standard InChI is InChI=1S/C10H20B2N2O3/c1-4-10(15)6-5-8-14(12(3)17)9-7-13-11(2)16/h1,13,16-17H,5-9H2,2-3H3. The summed E-state index contributed by atoms with van der Waals surface area (Å²) in [6.45, 7) is 5.09. The van der Waals surface area contributed by atoms with Crippen LogP contribution in [0, 0.1) is 12.3 Å². The predicted molar refractivity (Wildman–Crippen MR) is 70.3 cm³/mol. The molecule has 0 atom stereocenters. The van der Waals surface area contributed by atoms with Crippen LogP contribution in [0.15, 0.2) is 0 Å². The second-order valence-electron chi connectivity index (χ2n) is 3.97. The summed E-state index contributed by atoms with van der Waals surface area (Å²) in [5.74, 6) is 1.85. The monoisotopic (exact) mass is 238 g/mol. The van der Waals surface area contributed by atoms with E-state index in [4.69, 9.17) is 11.4 Å². The highest BCUT2D eigenvalue weighted by Crippen LogP contribution is 1.98. The first-order valence-corrected chi connectivity index (χ1v) is 5.80. The Hall–Kier alpha value is -0.800. The average molecular weight is 238 g/mol. The molecule has 0 rings (SSSR count). The second-order valence-corrected chi connectivity index (χ2v) is 3.97. The van der Waals surface area contributed by atoms with E-state index in [1.165, 1.54) is 0 Å². The molecule has 0 amide bonds. The molecule has 0 saturated heterocycles. The highest BCUT2D eigenvalue weighted by Gasteiger charge is 2.15. The van der Waals surface area contributed by atoms with E-state index in [-0.39, 0.29) is 5.78 Å². The number of ketones is 1. The van der Waals surface area contributed by atoms with E-state index < -0.39 is 14.1 Å². The summed E-state index contributed by atoms with van der Waals surface area (Å²) in [6.07, 6.45) is 5.93. The molecular formula is C10H20B2N2O3. The van der Waals surface area contributed by atoms with Crippen molar-refractivity contribution in [2.75, 3.05) is 19.6 Å². The fraction of sp³-hybridized carbons (Fsp3) is 0.700. The van der Waals surface area contributed by atoms with Crippen molar-refractivity contribution in [3.8, 4) is 12.3 Å². The Morgan fingerprint density at radius 3 is 2.53 bits per heavy atom. The Morgan fingerprint density at radius 2 is 2.06 bits per heavy atom. The minimum Gasteiger partial charge on any atom is -0.437 e. The molecule has 5 nitrogen and oxygen atoms in total. The van der Waals surface area contributed by atoms with Gasteiger partial charge in [-0.1, -0.05) is 0 Å². The molecular weight excluding hydrogens is 218 g/mol. The SMILES string of the molecule is C#CC(=O)CCCN(CCNB(C)O)B(C)O. The van der Waals surface area contributed by atoms with E-state index in [1.807, 2.05) is 4.81 Å². The van der Waals surface area contributed by atoms with Gasteiger partial charge in [0, 0.05) is 13.0 Å². The third-order valence-corrected chi connectivity index (χ3v) is 2.38. The van der Waals surface area contributed by atoms with Crippen molar-refractivity contribution in [2.24, 2.45) is 0 Å². The molecule has 7 heteroatoms. The van der Waals surface area contributed by atoms with Crippen LogP contribution in [-0.4, -0.2) is 54.4 Å². The Balaban J connectivity index is 3.83. The van der Waals surface area contributed by atoms with Crippen LogP contribution in [0.2, 0.25) is 13.6 Å². The van der Waals surface area contributed by atoms with Gasteiger partial charge in [0.05, 0.1) is 0 Å². The molecule has 0 aliphatic heterocycles. The maximum absolute atomic E-state index is 10.9. The van der Waals surface area contributed by atoms with Gasteiger partial charge < -0.3 is 20.1 Å². The summed E-state index contributed by atoms with van der Waals surface area (Å²) in [7, 11) is -1.14. The van der Waals surface area contributed by atoms with E-state index >= 15 is 0 Å². The first kappa shape index (κ1) is 16.2. The van der Waals surface area contributed by atoms with Crippen LogP contribution in [0.4, 0.5) is 0 Å². The van der Waals surface area contributed by atoms with Gasteiger partial charge in [-0.2, -0.15) is 0 Å². The molecule has 0 aromatic carbocycles. The van der Waals surface area contributed by atoms with Crippen molar-refractivity contribution in [3.05, 3.63) is 0 Å². The zero-order valence-corrected chi connectivity index (χ0v) is 10.5. The number of hydrogen-bond acceptors (Lipinski definition) is 5. The largest absolute Gasteiger partial charge is 0.437 e. The van der Waals surface area contributed by atoms with E-state index in [0.717, 1.165) is 0 Å². The molecule has 0 spiro atoms. The van der Waals surface area contributed by atoms with Crippen molar-refractivity contribution in [1.82, 2.24) is 10.0 Å². The molecule has 0 radical (unpaired) electrons. The predicted octanol–water partition coefficient (Wildman–Crippen LogP) is -0.919. The summed E-state index contributed by atoms with van der Waals surface area (Å²) in [5, 5.41) is 21.4. The van der Waals surface area contributed by atoms with Gasteiger partial charge >= 0.3 is 14.1 Å². The molecule has 0 aromatic rings. The van der Waals surface area contributed by atoms with E-state index in [9.17, 15) is 9.82 Å². The van der Waals surface area contributed by atoms with Gasteiger partial charge in [0.2, 0.25) is 5.78 Å². The first-order valence-electron chi connectivity index (χ1n) is 5.80. The number of nitrogens with one attached hydrogen (secondary N) is 1. The Morgan fingerprint density at radius 1 is 1.41 bits per heavy atom. The minimum atomic E-state index is -0.577. The Kier molecular flexibility index (Phi) is 8.82. The third kappa shape index (κ3) is 8.95. The summed E-state index contributed by atoms with van der Waals surface area (Å²) in [5.41, 5.74) is 0. The van der Waals surface area contributed by atoms with Crippen molar-refractivity contribution in [2.45, 2.75) is 26.5 Å². The highest BCUT2D eigenvalue weighted by molar-refractivity contribution is 6.46. The second kappa shape index (κ2) is 9.25. The molecule has 0 bridgehead atoms. The lowest BCUT2D eigenvalue weighted by atomic mass is 9.84. The molecule has 3 N–H and O–H groups in total. The number of Topliss-reactive ketones (excluding diaryl/α,β-unsaturated/α-hetero) is 1. The number of rotatable bonds is 9. The van der Waals surface area contributed by atoms with E-state index in [0.29, 0.717) is 32.5 Å². The molecule has 0 aromatic heterocycles. The van der Waals surface area contributed by atoms with Gasteiger partial charge in [-0.05, 0) is 39.1 Å². The zero-order chi connectivity index (χ0) is 13.3. The fourth-order valence-electron chi connectivity index (χ4n) is 1.42. The molecule has 94 valence electrons. The number of terminal acetylenes is 1. The lowest BCUT2D eigenvalue weighted by Crippen LogP contribution is -2.44. The van der Waals surface area contributed by atoms with Gasteiger partial charge in [0.15, 0.2) is 0 Å². The first-order chi connectivity index (χ1) is 7.97. The van der Waals surface area contributed by atoms with Gasteiger partial charge in [-0.15, -0.1) is 6.42 Å². The number of hydrogen-bond donors (Lipinski definition) is 3. The van der Waals surface area contributed by atoms with E-state index in [2.05, 4.69) is 11.1 Å². The van der Waals surface area contributed by atoms with Crippen molar-refractivity contribution < 1.29 is 14.8 Å². The van der Waals surface area contributed by atoms with Crippen LogP contribution in [0.3, 0.4) is 0 Å². The number of nitrogens with zero attached hydrogens (tertiary/aromatic N) is 1. The van der Waals surface area contributed by atoms with Crippen molar-refractivity contribution in [1.29, 1.82) is 0 Å². The number of carbonyl (C=O) groups is 1. The quantitative estimate of drug-likeness (QED) is 0.275. The molecule has 17 heavy (non-hydrogen) atoms. The van der Waals surface area contributed by atoms with Gasteiger partial charge in [0.1, 0.15) is 0 Å². The van der Waals surface area contributed by atoms with Crippen LogP contribution in [0.1, 0.15) is 12.8 Å². The molecule has 0 saturated carbocycles. The maximum Gasteiger partial charge on any atom is 0.376 e. The van der Waals surface area contributed by atoms with Crippen LogP contribution in [0.25, 0.3) is 0 Å².